The van der Waals surface area contributed by atoms with Crippen molar-refractivity contribution in [3.63, 3.8) is 0 Å². The molecule has 0 atom stereocenters. The fraction of sp³-hybridized carbons (Fsp3) is 0.182. The third-order valence-electron chi connectivity index (χ3n) is 3.85. The van der Waals surface area contributed by atoms with Crippen LogP contribution in [0.3, 0.4) is 0 Å². The van der Waals surface area contributed by atoms with E-state index in [9.17, 15) is 0 Å². The van der Waals surface area contributed by atoms with Crippen molar-refractivity contribution in [2.45, 2.75) is 27.7 Å². The van der Waals surface area contributed by atoms with Gasteiger partial charge in [0.25, 0.3) is 0 Å². The number of aromatic nitrogens is 2. The number of hydrogen-bond acceptors (Lipinski definition) is 2. The van der Waals surface area contributed by atoms with Crippen LogP contribution in [0, 0.1) is 13.8 Å². The molecule has 4 heteroatoms. The number of nitrogens with zero attached hydrogens (tertiary/aromatic N) is 2. The third-order valence-corrected chi connectivity index (χ3v) is 4.32. The minimum atomic E-state index is 0.737. The molecule has 0 aliphatic heterocycles. The Hall–Kier alpha value is -2.16. The average molecular weight is 385 g/mol. The van der Waals surface area contributed by atoms with Gasteiger partial charge in [0.05, 0.1) is 11.0 Å². The Morgan fingerprint density at radius 1 is 0.615 bits per heavy atom. The molecule has 0 aliphatic rings. The third kappa shape index (κ3) is 4.94. The second-order valence-corrected chi connectivity index (χ2v) is 6.45. The molecule has 2 aromatic heterocycles. The van der Waals surface area contributed by atoms with Crippen LogP contribution in [-0.4, -0.2) is 9.97 Å². The molecule has 0 unspecified atom stereocenters. The Balaban J connectivity index is 0.000000171. The maximum absolute atomic E-state index is 5.83. The fourth-order valence-corrected chi connectivity index (χ4v) is 2.86. The van der Waals surface area contributed by atoms with E-state index in [1.54, 1.807) is 12.4 Å². The van der Waals surface area contributed by atoms with Crippen molar-refractivity contribution >= 4 is 45.0 Å². The summed E-state index contributed by atoms with van der Waals surface area (Å²) in [4.78, 5) is 8.44. The molecule has 0 N–H and O–H groups in total. The first kappa shape index (κ1) is 20.2. The second kappa shape index (κ2) is 9.51. The maximum atomic E-state index is 5.83. The molecular formula is C22H22Cl2N2. The van der Waals surface area contributed by atoms with E-state index in [1.807, 2.05) is 62.4 Å². The van der Waals surface area contributed by atoms with Gasteiger partial charge in [-0.15, -0.1) is 0 Å². The zero-order chi connectivity index (χ0) is 19.1. The number of halogens is 2. The van der Waals surface area contributed by atoms with Gasteiger partial charge >= 0.3 is 0 Å². The highest BCUT2D eigenvalue weighted by Gasteiger charge is 1.98. The molecule has 2 nitrogen and oxygen atoms in total. The first-order valence-electron chi connectivity index (χ1n) is 8.56. The van der Waals surface area contributed by atoms with Crippen LogP contribution in [0.5, 0.6) is 0 Å². The molecule has 134 valence electrons. The highest BCUT2D eigenvalue weighted by Crippen LogP contribution is 2.20. The molecule has 26 heavy (non-hydrogen) atoms. The standard InChI is InChI=1S/2C10H8ClN.C2H6/c2*1-7-4-5-12-10-6-8(11)2-3-9(7)10;1-2/h2*2-6H,1H3;1-2H3. The molecule has 0 saturated carbocycles. The average Bonchev–Trinajstić information content (AvgIpc) is 2.64. The van der Waals surface area contributed by atoms with E-state index in [-0.39, 0.29) is 0 Å². The monoisotopic (exact) mass is 384 g/mol. The molecule has 0 radical (unpaired) electrons. The smallest absolute Gasteiger partial charge is 0.0719 e. The number of rotatable bonds is 0. The predicted molar refractivity (Wildman–Crippen MR) is 114 cm³/mol. The van der Waals surface area contributed by atoms with Crippen LogP contribution in [0.4, 0.5) is 0 Å². The lowest BCUT2D eigenvalue weighted by atomic mass is 10.1. The molecule has 0 bridgehead atoms. The summed E-state index contributed by atoms with van der Waals surface area (Å²) in [6.45, 7) is 8.13. The molecule has 2 heterocycles. The molecule has 0 aliphatic carbocycles. The number of aryl methyl sites for hydroxylation is 2. The van der Waals surface area contributed by atoms with E-state index in [0.29, 0.717) is 0 Å². The first-order valence-corrected chi connectivity index (χ1v) is 9.32. The van der Waals surface area contributed by atoms with Crippen LogP contribution in [0.25, 0.3) is 21.8 Å². The molecular weight excluding hydrogens is 363 g/mol. The van der Waals surface area contributed by atoms with Gasteiger partial charge in [-0.1, -0.05) is 49.2 Å². The van der Waals surface area contributed by atoms with Gasteiger partial charge in [0, 0.05) is 33.2 Å². The van der Waals surface area contributed by atoms with Crippen molar-refractivity contribution in [3.05, 3.63) is 82.1 Å². The zero-order valence-electron chi connectivity index (χ0n) is 15.4. The van der Waals surface area contributed by atoms with E-state index in [2.05, 4.69) is 23.8 Å². The minimum Gasteiger partial charge on any atom is -0.256 e. The van der Waals surface area contributed by atoms with Crippen LogP contribution >= 0.6 is 23.2 Å². The highest BCUT2D eigenvalue weighted by molar-refractivity contribution is 6.31. The Labute approximate surface area is 164 Å². The maximum Gasteiger partial charge on any atom is 0.0719 e. The number of fused-ring (bicyclic) bond motifs is 2. The fourth-order valence-electron chi connectivity index (χ4n) is 2.53. The van der Waals surface area contributed by atoms with E-state index >= 15 is 0 Å². The van der Waals surface area contributed by atoms with Crippen molar-refractivity contribution in [3.8, 4) is 0 Å². The summed E-state index contributed by atoms with van der Waals surface area (Å²) in [5.41, 5.74) is 4.39. The molecule has 0 amide bonds. The van der Waals surface area contributed by atoms with Crippen molar-refractivity contribution in [2.24, 2.45) is 0 Å². The van der Waals surface area contributed by atoms with Crippen LogP contribution < -0.4 is 0 Å². The van der Waals surface area contributed by atoms with Crippen molar-refractivity contribution in [2.75, 3.05) is 0 Å². The van der Waals surface area contributed by atoms with E-state index in [0.717, 1.165) is 21.1 Å². The molecule has 0 spiro atoms. The van der Waals surface area contributed by atoms with Gasteiger partial charge in [-0.2, -0.15) is 0 Å². The zero-order valence-corrected chi connectivity index (χ0v) is 16.9. The minimum absolute atomic E-state index is 0.737. The largest absolute Gasteiger partial charge is 0.256 e. The number of hydrogen-bond donors (Lipinski definition) is 0. The summed E-state index contributed by atoms with van der Waals surface area (Å²) >= 11 is 11.7. The van der Waals surface area contributed by atoms with Crippen molar-refractivity contribution in [1.82, 2.24) is 9.97 Å². The lowest BCUT2D eigenvalue weighted by Gasteiger charge is -1.99. The summed E-state index contributed by atoms with van der Waals surface area (Å²) < 4.78 is 0. The molecule has 4 rings (SSSR count). The van der Waals surface area contributed by atoms with Gasteiger partial charge in [-0.05, 0) is 61.4 Å². The summed E-state index contributed by atoms with van der Waals surface area (Å²) in [6, 6.07) is 15.5. The Morgan fingerprint density at radius 3 is 1.38 bits per heavy atom. The van der Waals surface area contributed by atoms with Gasteiger partial charge in [-0.3, -0.25) is 9.97 Å². The van der Waals surface area contributed by atoms with Crippen LogP contribution in [0.1, 0.15) is 25.0 Å². The van der Waals surface area contributed by atoms with Gasteiger partial charge in [0.2, 0.25) is 0 Å². The lowest BCUT2D eigenvalue weighted by Crippen LogP contribution is -1.81. The van der Waals surface area contributed by atoms with Gasteiger partial charge < -0.3 is 0 Å². The summed E-state index contributed by atoms with van der Waals surface area (Å²) in [5, 5.41) is 3.81. The quantitative estimate of drug-likeness (QED) is 0.315. The lowest BCUT2D eigenvalue weighted by molar-refractivity contribution is 1.37. The topological polar surface area (TPSA) is 25.8 Å². The molecule has 0 fully saturated rings. The number of pyridine rings is 2. The predicted octanol–water partition coefficient (Wildman–Crippen LogP) is 7.42. The normalized spacial score (nSPS) is 9.92. The van der Waals surface area contributed by atoms with E-state index in [4.69, 9.17) is 23.2 Å². The second-order valence-electron chi connectivity index (χ2n) is 5.58. The Morgan fingerprint density at radius 2 is 1.00 bits per heavy atom. The summed E-state index contributed by atoms with van der Waals surface area (Å²) in [5.74, 6) is 0. The summed E-state index contributed by atoms with van der Waals surface area (Å²) in [6.07, 6.45) is 3.60. The van der Waals surface area contributed by atoms with E-state index < -0.39 is 0 Å². The summed E-state index contributed by atoms with van der Waals surface area (Å²) in [7, 11) is 0. The Kier molecular flexibility index (Phi) is 7.38. The number of benzene rings is 2. The highest BCUT2D eigenvalue weighted by atomic mass is 35.5. The SMILES string of the molecule is CC.Cc1ccnc2cc(Cl)ccc12.Cc1ccnc2cc(Cl)ccc12. The molecule has 0 saturated heterocycles. The van der Waals surface area contributed by atoms with Gasteiger partial charge in [-0.25, -0.2) is 0 Å². The van der Waals surface area contributed by atoms with Crippen LogP contribution in [0.15, 0.2) is 60.9 Å². The Bertz CT molecular complexity index is 930. The molecule has 4 aromatic rings. The van der Waals surface area contributed by atoms with Gasteiger partial charge in [0.15, 0.2) is 0 Å². The first-order chi connectivity index (χ1) is 12.5. The van der Waals surface area contributed by atoms with Crippen LogP contribution in [0.2, 0.25) is 10.0 Å². The van der Waals surface area contributed by atoms with Crippen LogP contribution in [-0.2, 0) is 0 Å². The van der Waals surface area contributed by atoms with Crippen molar-refractivity contribution in [1.29, 1.82) is 0 Å². The molecule has 2 aromatic carbocycles. The van der Waals surface area contributed by atoms with Crippen molar-refractivity contribution < 1.29 is 0 Å². The van der Waals surface area contributed by atoms with E-state index in [1.165, 1.54) is 21.9 Å². The van der Waals surface area contributed by atoms with Gasteiger partial charge in [0.1, 0.15) is 0 Å².